The Morgan fingerprint density at radius 2 is 2.00 bits per heavy atom. The molecule has 1 aromatic rings. The summed E-state index contributed by atoms with van der Waals surface area (Å²) in [4.78, 5) is 31.0. The molecular weight excluding hydrogens is 262 g/mol. The van der Waals surface area contributed by atoms with Crippen LogP contribution in [0.5, 0.6) is 0 Å². The second kappa shape index (κ2) is 8.81. The van der Waals surface area contributed by atoms with Crippen molar-refractivity contribution in [3.63, 3.8) is 0 Å². The first kappa shape index (κ1) is 15.8. The number of amides is 2. The zero-order chi connectivity index (χ0) is 14.8. The van der Waals surface area contributed by atoms with E-state index in [4.69, 9.17) is 4.74 Å². The van der Waals surface area contributed by atoms with Gasteiger partial charge in [0.2, 0.25) is 5.91 Å². The first-order chi connectivity index (χ1) is 9.67. The minimum absolute atomic E-state index is 0.140. The first-order valence-corrected chi connectivity index (χ1v) is 6.21. The van der Waals surface area contributed by atoms with Gasteiger partial charge >= 0.3 is 0 Å². The minimum Gasteiger partial charge on any atom is -0.383 e. The molecule has 3 N–H and O–H groups in total. The Hall–Kier alpha value is -2.22. The lowest BCUT2D eigenvalue weighted by Gasteiger charge is -2.06. The third-order valence-electron chi connectivity index (χ3n) is 2.41. The van der Waals surface area contributed by atoms with Crippen molar-refractivity contribution < 1.29 is 14.3 Å². The maximum Gasteiger partial charge on any atom is 0.271 e. The SMILES string of the molecule is CNc1cnc(C(=O)NCCC(=O)NCCOC)cn1. The number of carbonyl (C=O) groups is 2. The van der Waals surface area contributed by atoms with Gasteiger partial charge in [-0.15, -0.1) is 0 Å². The van der Waals surface area contributed by atoms with Crippen LogP contribution in [0.1, 0.15) is 16.9 Å². The van der Waals surface area contributed by atoms with E-state index in [2.05, 4.69) is 25.9 Å². The van der Waals surface area contributed by atoms with Crippen molar-refractivity contribution in [3.05, 3.63) is 18.1 Å². The summed E-state index contributed by atoms with van der Waals surface area (Å²) in [5.41, 5.74) is 0.212. The van der Waals surface area contributed by atoms with Gasteiger partial charge in [-0.3, -0.25) is 9.59 Å². The molecule has 1 rings (SSSR count). The number of ether oxygens (including phenoxy) is 1. The van der Waals surface area contributed by atoms with Gasteiger partial charge in [-0.1, -0.05) is 0 Å². The first-order valence-electron chi connectivity index (χ1n) is 6.21. The van der Waals surface area contributed by atoms with Crippen LogP contribution in [-0.4, -0.2) is 55.6 Å². The second-order valence-corrected chi connectivity index (χ2v) is 3.89. The van der Waals surface area contributed by atoms with Crippen molar-refractivity contribution in [2.24, 2.45) is 0 Å². The second-order valence-electron chi connectivity index (χ2n) is 3.89. The normalized spacial score (nSPS) is 9.90. The number of hydrogen-bond acceptors (Lipinski definition) is 6. The molecule has 0 saturated heterocycles. The quantitative estimate of drug-likeness (QED) is 0.550. The van der Waals surface area contributed by atoms with E-state index in [1.54, 1.807) is 14.2 Å². The molecule has 0 bridgehead atoms. The van der Waals surface area contributed by atoms with Gasteiger partial charge < -0.3 is 20.7 Å². The highest BCUT2D eigenvalue weighted by molar-refractivity contribution is 5.92. The average molecular weight is 281 g/mol. The maximum absolute atomic E-state index is 11.7. The Morgan fingerprint density at radius 3 is 2.60 bits per heavy atom. The molecular formula is C12H19N5O3. The van der Waals surface area contributed by atoms with E-state index in [1.165, 1.54) is 12.4 Å². The van der Waals surface area contributed by atoms with Crippen LogP contribution in [0, 0.1) is 0 Å². The summed E-state index contributed by atoms with van der Waals surface area (Å²) in [6, 6.07) is 0. The largest absolute Gasteiger partial charge is 0.383 e. The Bertz CT molecular complexity index is 435. The van der Waals surface area contributed by atoms with Crippen LogP contribution in [0.3, 0.4) is 0 Å². The fraction of sp³-hybridized carbons (Fsp3) is 0.500. The van der Waals surface area contributed by atoms with Crippen LogP contribution in [-0.2, 0) is 9.53 Å². The molecule has 1 aromatic heterocycles. The highest BCUT2D eigenvalue weighted by Crippen LogP contribution is 1.99. The van der Waals surface area contributed by atoms with Crippen molar-refractivity contribution in [1.29, 1.82) is 0 Å². The van der Waals surface area contributed by atoms with Gasteiger partial charge in [0.05, 0.1) is 19.0 Å². The van der Waals surface area contributed by atoms with Gasteiger partial charge in [-0.2, -0.15) is 0 Å². The van der Waals surface area contributed by atoms with Crippen LogP contribution >= 0.6 is 0 Å². The van der Waals surface area contributed by atoms with E-state index >= 15 is 0 Å². The number of anilines is 1. The molecule has 0 aliphatic rings. The molecule has 0 aliphatic carbocycles. The summed E-state index contributed by atoms with van der Waals surface area (Å²) in [6.45, 7) is 1.17. The van der Waals surface area contributed by atoms with Gasteiger partial charge in [0.1, 0.15) is 11.5 Å². The Balaban J connectivity index is 2.27. The van der Waals surface area contributed by atoms with E-state index in [0.29, 0.717) is 19.0 Å². The summed E-state index contributed by atoms with van der Waals surface area (Å²) in [5.74, 6) is 0.0860. The average Bonchev–Trinajstić information content (AvgIpc) is 2.47. The van der Waals surface area contributed by atoms with Crippen molar-refractivity contribution in [3.8, 4) is 0 Å². The van der Waals surface area contributed by atoms with Gasteiger partial charge in [-0.25, -0.2) is 9.97 Å². The summed E-state index contributed by atoms with van der Waals surface area (Å²) >= 11 is 0. The van der Waals surface area contributed by atoms with Crippen molar-refractivity contribution in [2.75, 3.05) is 39.2 Å². The molecule has 110 valence electrons. The zero-order valence-electron chi connectivity index (χ0n) is 11.6. The number of nitrogens with zero attached hydrogens (tertiary/aromatic N) is 2. The summed E-state index contributed by atoms with van der Waals surface area (Å²) in [7, 11) is 3.28. The van der Waals surface area contributed by atoms with Gasteiger partial charge in [0.25, 0.3) is 5.91 Å². The Morgan fingerprint density at radius 1 is 1.20 bits per heavy atom. The van der Waals surface area contributed by atoms with E-state index in [-0.39, 0.29) is 30.5 Å². The summed E-state index contributed by atoms with van der Waals surface area (Å²) in [6.07, 6.45) is 3.05. The molecule has 0 aromatic carbocycles. The third-order valence-corrected chi connectivity index (χ3v) is 2.41. The molecule has 20 heavy (non-hydrogen) atoms. The van der Waals surface area contributed by atoms with Crippen LogP contribution in [0.4, 0.5) is 5.82 Å². The van der Waals surface area contributed by atoms with Crippen LogP contribution in [0.2, 0.25) is 0 Å². The molecule has 0 spiro atoms. The van der Waals surface area contributed by atoms with Gasteiger partial charge in [0.15, 0.2) is 0 Å². The molecule has 0 atom stereocenters. The van der Waals surface area contributed by atoms with Crippen LogP contribution < -0.4 is 16.0 Å². The third kappa shape index (κ3) is 5.61. The molecule has 0 unspecified atom stereocenters. The van der Waals surface area contributed by atoms with E-state index in [0.717, 1.165) is 0 Å². The Kier molecular flexibility index (Phi) is 6.97. The number of aromatic nitrogens is 2. The van der Waals surface area contributed by atoms with E-state index in [9.17, 15) is 9.59 Å². The number of rotatable bonds is 8. The fourth-order valence-electron chi connectivity index (χ4n) is 1.34. The number of nitrogens with one attached hydrogen (secondary N) is 3. The summed E-state index contributed by atoms with van der Waals surface area (Å²) in [5, 5.41) is 8.07. The monoisotopic (exact) mass is 281 g/mol. The lowest BCUT2D eigenvalue weighted by atomic mass is 10.3. The predicted octanol–water partition coefficient (Wildman–Crippen LogP) is -0.599. The molecule has 0 radical (unpaired) electrons. The van der Waals surface area contributed by atoms with E-state index < -0.39 is 0 Å². The van der Waals surface area contributed by atoms with Gasteiger partial charge in [-0.05, 0) is 0 Å². The lowest BCUT2D eigenvalue weighted by molar-refractivity contribution is -0.121. The van der Waals surface area contributed by atoms with Crippen molar-refractivity contribution >= 4 is 17.6 Å². The molecule has 8 heteroatoms. The minimum atomic E-state index is -0.357. The predicted molar refractivity (Wildman–Crippen MR) is 73.4 cm³/mol. The standard InChI is InChI=1S/C12H19N5O3/c1-13-10-8-16-9(7-17-10)12(19)15-4-3-11(18)14-5-6-20-2/h7-8H,3-6H2,1-2H3,(H,13,17)(H,14,18)(H,15,19). The molecule has 2 amide bonds. The van der Waals surface area contributed by atoms with E-state index in [1.807, 2.05) is 0 Å². The highest BCUT2D eigenvalue weighted by atomic mass is 16.5. The zero-order valence-corrected chi connectivity index (χ0v) is 11.6. The van der Waals surface area contributed by atoms with Crippen LogP contribution in [0.25, 0.3) is 0 Å². The highest BCUT2D eigenvalue weighted by Gasteiger charge is 2.08. The number of methoxy groups -OCH3 is 1. The molecule has 1 heterocycles. The van der Waals surface area contributed by atoms with Crippen LogP contribution in [0.15, 0.2) is 12.4 Å². The fourth-order valence-corrected chi connectivity index (χ4v) is 1.34. The number of hydrogen-bond donors (Lipinski definition) is 3. The Labute approximate surface area is 117 Å². The molecule has 0 aliphatic heterocycles. The van der Waals surface area contributed by atoms with Crippen molar-refractivity contribution in [2.45, 2.75) is 6.42 Å². The topological polar surface area (TPSA) is 105 Å². The van der Waals surface area contributed by atoms with Crippen molar-refractivity contribution in [1.82, 2.24) is 20.6 Å². The molecule has 8 nitrogen and oxygen atoms in total. The lowest BCUT2D eigenvalue weighted by Crippen LogP contribution is -2.32. The number of carbonyl (C=O) groups excluding carboxylic acids is 2. The molecule has 0 saturated carbocycles. The molecule has 0 fully saturated rings. The maximum atomic E-state index is 11.7. The smallest absolute Gasteiger partial charge is 0.271 e. The van der Waals surface area contributed by atoms with Gasteiger partial charge in [0, 0.05) is 33.7 Å². The summed E-state index contributed by atoms with van der Waals surface area (Å²) < 4.78 is 4.81.